The summed E-state index contributed by atoms with van der Waals surface area (Å²) in [6.45, 7) is 4.05. The van der Waals surface area contributed by atoms with E-state index in [1.54, 1.807) is 31.9 Å². The Morgan fingerprint density at radius 2 is 1.67 bits per heavy atom. The Kier molecular flexibility index (Phi) is 7.49. The molecule has 3 aromatic rings. The average molecular weight is 498 g/mol. The molecule has 0 aliphatic carbocycles. The van der Waals surface area contributed by atoms with Gasteiger partial charge in [-0.1, -0.05) is 12.1 Å². The highest BCUT2D eigenvalue weighted by atomic mass is 79.9. The van der Waals surface area contributed by atoms with Gasteiger partial charge in [-0.2, -0.15) is 0 Å². The van der Waals surface area contributed by atoms with E-state index in [9.17, 15) is 9.59 Å². The molecule has 0 amide bonds. The molecule has 1 N–H and O–H groups in total. The lowest BCUT2D eigenvalue weighted by molar-refractivity contribution is 0.414. The number of benzene rings is 1. The van der Waals surface area contributed by atoms with Gasteiger partial charge in [0.25, 0.3) is 11.1 Å². The van der Waals surface area contributed by atoms with Crippen LogP contribution in [0.3, 0.4) is 0 Å². The summed E-state index contributed by atoms with van der Waals surface area (Å²) < 4.78 is 7.68. The van der Waals surface area contributed by atoms with Crippen LogP contribution in [0.15, 0.2) is 55.5 Å². The number of H-pyrrole nitrogens is 1. The van der Waals surface area contributed by atoms with Crippen LogP contribution in [0.4, 0.5) is 0 Å². The zero-order valence-corrected chi connectivity index (χ0v) is 18.2. The van der Waals surface area contributed by atoms with Crippen LogP contribution in [-0.2, 0) is 6.54 Å². The van der Waals surface area contributed by atoms with Gasteiger partial charge in [0.05, 0.1) is 37.7 Å². The van der Waals surface area contributed by atoms with Crippen molar-refractivity contribution < 1.29 is 4.74 Å². The van der Waals surface area contributed by atoms with Crippen LogP contribution in [0.5, 0.6) is 5.75 Å². The minimum Gasteiger partial charge on any atom is -0.497 e. The monoisotopic (exact) mass is 496 g/mol. The number of aromatic amines is 1. The van der Waals surface area contributed by atoms with E-state index in [0.717, 1.165) is 11.3 Å². The lowest BCUT2D eigenvalue weighted by Gasteiger charge is -2.07. The third-order valence-corrected chi connectivity index (χ3v) is 5.49. The first kappa shape index (κ1) is 21.0. The van der Waals surface area contributed by atoms with Crippen molar-refractivity contribution in [2.45, 2.75) is 20.4 Å². The lowest BCUT2D eigenvalue weighted by atomic mass is 10.2. The van der Waals surface area contributed by atoms with Crippen molar-refractivity contribution in [3.05, 3.63) is 83.5 Å². The van der Waals surface area contributed by atoms with E-state index in [1.165, 1.54) is 6.33 Å². The molecule has 2 aromatic heterocycles. The molecule has 0 bridgehead atoms. The molecule has 0 fully saturated rings. The van der Waals surface area contributed by atoms with Gasteiger partial charge < -0.3 is 9.72 Å². The first-order chi connectivity index (χ1) is 12.8. The number of aromatic nitrogens is 4. The Morgan fingerprint density at radius 1 is 1.04 bits per heavy atom. The Balaban J connectivity index is 0.000000244. The average Bonchev–Trinajstić information content (AvgIpc) is 2.67. The molecule has 142 valence electrons. The Labute approximate surface area is 172 Å². The van der Waals surface area contributed by atoms with Crippen molar-refractivity contribution in [1.82, 2.24) is 19.5 Å². The number of ether oxygens (including phenoxy) is 1. The molecule has 0 aliphatic rings. The van der Waals surface area contributed by atoms with Gasteiger partial charge in [0.2, 0.25) is 0 Å². The molecule has 27 heavy (non-hydrogen) atoms. The predicted octanol–water partition coefficient (Wildman–Crippen LogP) is 3.21. The van der Waals surface area contributed by atoms with Crippen LogP contribution in [0.1, 0.15) is 17.0 Å². The Morgan fingerprint density at radius 3 is 2.22 bits per heavy atom. The Bertz CT molecular complexity index is 1030. The van der Waals surface area contributed by atoms with Gasteiger partial charge in [0.1, 0.15) is 14.7 Å². The number of nitrogens with one attached hydrogen (secondary N) is 1. The quantitative estimate of drug-likeness (QED) is 0.600. The molecule has 0 saturated heterocycles. The van der Waals surface area contributed by atoms with Gasteiger partial charge in [-0.25, -0.2) is 9.97 Å². The number of nitrogens with zero attached hydrogens (tertiary/aromatic N) is 3. The summed E-state index contributed by atoms with van der Waals surface area (Å²) >= 11 is 6.32. The molecule has 2 heterocycles. The van der Waals surface area contributed by atoms with E-state index >= 15 is 0 Å². The summed E-state index contributed by atoms with van der Waals surface area (Å²) in [6, 6.07) is 7.60. The molecular formula is C18H18Br2N4O3. The van der Waals surface area contributed by atoms with Crippen LogP contribution in [0.2, 0.25) is 0 Å². The van der Waals surface area contributed by atoms with Gasteiger partial charge in [0, 0.05) is 0 Å². The summed E-state index contributed by atoms with van der Waals surface area (Å²) in [5, 5.41) is 0. The SMILES string of the molecule is COc1ccc(Cn2cnc(C)c(Br)c2=O)cc1.Cc1nc[nH]c(=O)c1Br. The van der Waals surface area contributed by atoms with Crippen molar-refractivity contribution in [3.8, 4) is 5.75 Å². The fourth-order valence-electron chi connectivity index (χ4n) is 2.06. The topological polar surface area (TPSA) is 89.9 Å². The second-order valence-electron chi connectivity index (χ2n) is 5.56. The number of aryl methyl sites for hydroxylation is 2. The zero-order valence-electron chi connectivity index (χ0n) is 15.0. The van der Waals surface area contributed by atoms with E-state index in [1.807, 2.05) is 24.3 Å². The van der Waals surface area contributed by atoms with E-state index in [4.69, 9.17) is 4.74 Å². The summed E-state index contributed by atoms with van der Waals surface area (Å²) in [4.78, 5) is 33.1. The van der Waals surface area contributed by atoms with Crippen molar-refractivity contribution in [1.29, 1.82) is 0 Å². The van der Waals surface area contributed by atoms with E-state index in [-0.39, 0.29) is 11.1 Å². The van der Waals surface area contributed by atoms with Crippen LogP contribution in [0.25, 0.3) is 0 Å². The first-order valence-corrected chi connectivity index (χ1v) is 9.46. The first-order valence-electron chi connectivity index (χ1n) is 7.87. The molecule has 0 spiro atoms. The molecule has 3 rings (SSSR count). The summed E-state index contributed by atoms with van der Waals surface area (Å²) in [6.07, 6.45) is 2.94. The van der Waals surface area contributed by atoms with Gasteiger partial charge in [-0.3, -0.25) is 14.2 Å². The molecule has 9 heteroatoms. The third kappa shape index (κ3) is 5.61. The number of hydrogen-bond acceptors (Lipinski definition) is 5. The smallest absolute Gasteiger partial charge is 0.268 e. The predicted molar refractivity (Wildman–Crippen MR) is 110 cm³/mol. The number of rotatable bonds is 3. The normalized spacial score (nSPS) is 10.1. The van der Waals surface area contributed by atoms with Crippen LogP contribution in [-0.4, -0.2) is 26.6 Å². The maximum Gasteiger partial charge on any atom is 0.268 e. The maximum absolute atomic E-state index is 12.0. The standard InChI is InChI=1S/C13H13BrN2O2.C5H5BrN2O/c1-9-12(14)13(17)16(8-15-9)7-10-3-5-11(18-2)6-4-10;1-3-4(6)5(9)8-2-7-3/h3-6,8H,7H2,1-2H3;2H,1H3,(H,7,8,9). The molecule has 1 aromatic carbocycles. The van der Waals surface area contributed by atoms with Gasteiger partial charge >= 0.3 is 0 Å². The summed E-state index contributed by atoms with van der Waals surface area (Å²) in [5.74, 6) is 0.800. The largest absolute Gasteiger partial charge is 0.497 e. The van der Waals surface area contributed by atoms with Crippen molar-refractivity contribution in [3.63, 3.8) is 0 Å². The van der Waals surface area contributed by atoms with E-state index in [0.29, 0.717) is 26.9 Å². The summed E-state index contributed by atoms with van der Waals surface area (Å²) in [7, 11) is 1.63. The van der Waals surface area contributed by atoms with Crippen LogP contribution >= 0.6 is 31.9 Å². The summed E-state index contributed by atoms with van der Waals surface area (Å²) in [5.41, 5.74) is 2.22. The maximum atomic E-state index is 12.0. The highest BCUT2D eigenvalue weighted by Crippen LogP contribution is 2.12. The van der Waals surface area contributed by atoms with Gasteiger partial charge in [0.15, 0.2) is 0 Å². The molecule has 0 unspecified atom stereocenters. The van der Waals surface area contributed by atoms with Gasteiger partial charge in [-0.15, -0.1) is 0 Å². The molecule has 7 nitrogen and oxygen atoms in total. The minimum atomic E-state index is -0.137. The highest BCUT2D eigenvalue weighted by Gasteiger charge is 2.05. The third-order valence-electron chi connectivity index (χ3n) is 3.64. The minimum absolute atomic E-state index is 0.0710. The second-order valence-corrected chi connectivity index (χ2v) is 7.14. The van der Waals surface area contributed by atoms with Crippen LogP contribution in [0, 0.1) is 13.8 Å². The van der Waals surface area contributed by atoms with Crippen molar-refractivity contribution in [2.75, 3.05) is 7.11 Å². The number of hydrogen-bond donors (Lipinski definition) is 1. The van der Waals surface area contributed by atoms with Crippen molar-refractivity contribution >= 4 is 31.9 Å². The fourth-order valence-corrected chi connectivity index (χ4v) is 2.61. The van der Waals surface area contributed by atoms with Crippen LogP contribution < -0.4 is 15.9 Å². The van der Waals surface area contributed by atoms with Crippen molar-refractivity contribution in [2.24, 2.45) is 0 Å². The fraction of sp³-hybridized carbons (Fsp3) is 0.222. The molecule has 0 aliphatic heterocycles. The van der Waals surface area contributed by atoms with E-state index in [2.05, 4.69) is 46.8 Å². The highest BCUT2D eigenvalue weighted by molar-refractivity contribution is 9.10. The molecule has 0 radical (unpaired) electrons. The number of methoxy groups -OCH3 is 1. The Hall–Kier alpha value is -2.26. The van der Waals surface area contributed by atoms with Gasteiger partial charge in [-0.05, 0) is 63.4 Å². The number of halogens is 2. The lowest BCUT2D eigenvalue weighted by Crippen LogP contribution is -2.22. The molecule has 0 atom stereocenters. The van der Waals surface area contributed by atoms with E-state index < -0.39 is 0 Å². The second kappa shape index (κ2) is 9.61. The zero-order chi connectivity index (χ0) is 20.0. The molecular weight excluding hydrogens is 480 g/mol. The molecule has 0 saturated carbocycles.